The summed E-state index contributed by atoms with van der Waals surface area (Å²) in [6.07, 6.45) is 3.62. The molecule has 0 aliphatic carbocycles. The van der Waals surface area contributed by atoms with Gasteiger partial charge >= 0.3 is 0 Å². The Hall–Kier alpha value is -2.50. The highest BCUT2D eigenvalue weighted by Crippen LogP contribution is 2.39. The quantitative estimate of drug-likeness (QED) is 0.436. The van der Waals surface area contributed by atoms with Gasteiger partial charge in [-0.2, -0.15) is 0 Å². The first kappa shape index (κ1) is 15.6. The summed E-state index contributed by atoms with van der Waals surface area (Å²) in [6, 6.07) is 3.27. The van der Waals surface area contributed by atoms with Crippen molar-refractivity contribution in [3.63, 3.8) is 0 Å². The van der Waals surface area contributed by atoms with E-state index in [9.17, 15) is 10.1 Å². The predicted octanol–water partition coefficient (Wildman–Crippen LogP) is 2.90. The summed E-state index contributed by atoms with van der Waals surface area (Å²) < 4.78 is 16.1. The molecule has 6 nitrogen and oxygen atoms in total. The molecule has 0 saturated carbocycles. The predicted molar refractivity (Wildman–Crippen MR) is 75.9 cm³/mol. The fourth-order valence-corrected chi connectivity index (χ4v) is 1.49. The molecular weight excluding hydrogens is 262 g/mol. The molecule has 6 heteroatoms. The fourth-order valence-electron chi connectivity index (χ4n) is 1.49. The molecule has 0 aliphatic heterocycles. The Labute approximate surface area is 117 Å². The zero-order valence-corrected chi connectivity index (χ0v) is 11.7. The van der Waals surface area contributed by atoms with Gasteiger partial charge in [0.1, 0.15) is 6.10 Å². The van der Waals surface area contributed by atoms with Gasteiger partial charge in [0.05, 0.1) is 19.1 Å². The first-order valence-corrected chi connectivity index (χ1v) is 5.88. The lowest BCUT2D eigenvalue weighted by Gasteiger charge is -2.17. The molecule has 0 amide bonds. The molecule has 1 aromatic carbocycles. The molecule has 1 unspecified atom stereocenters. The number of hydrogen-bond donors (Lipinski definition) is 0. The van der Waals surface area contributed by atoms with E-state index in [-0.39, 0.29) is 6.10 Å². The van der Waals surface area contributed by atoms with Crippen LogP contribution in [0.2, 0.25) is 0 Å². The zero-order chi connectivity index (χ0) is 15.1. The van der Waals surface area contributed by atoms with Crippen molar-refractivity contribution in [3.05, 3.63) is 46.7 Å². The lowest BCUT2D eigenvalue weighted by Crippen LogP contribution is -2.09. The van der Waals surface area contributed by atoms with Gasteiger partial charge in [0, 0.05) is 6.08 Å². The normalized spacial score (nSPS) is 11.9. The average Bonchev–Trinajstić information content (AvgIpc) is 2.45. The molecule has 0 spiro atoms. The van der Waals surface area contributed by atoms with Crippen LogP contribution in [-0.2, 0) is 0 Å². The van der Waals surface area contributed by atoms with Crippen LogP contribution in [0.1, 0.15) is 12.5 Å². The second kappa shape index (κ2) is 7.18. The largest absolute Gasteiger partial charge is 0.493 e. The molecule has 0 radical (unpaired) electrons. The highest BCUT2D eigenvalue weighted by Gasteiger charge is 2.15. The van der Waals surface area contributed by atoms with Crippen molar-refractivity contribution in [2.75, 3.05) is 14.2 Å². The lowest BCUT2D eigenvalue weighted by atomic mass is 10.1. The summed E-state index contributed by atoms with van der Waals surface area (Å²) >= 11 is 0. The van der Waals surface area contributed by atoms with Gasteiger partial charge in [-0.25, -0.2) is 0 Å². The van der Waals surface area contributed by atoms with E-state index >= 15 is 0 Å². The van der Waals surface area contributed by atoms with Crippen molar-refractivity contribution in [2.45, 2.75) is 13.0 Å². The number of nitrogens with zero attached hydrogens (tertiary/aromatic N) is 1. The highest BCUT2D eigenvalue weighted by atomic mass is 16.6. The Balaban J connectivity index is 3.23. The second-order valence-electron chi connectivity index (χ2n) is 3.91. The van der Waals surface area contributed by atoms with Crippen LogP contribution < -0.4 is 14.2 Å². The average molecular weight is 279 g/mol. The van der Waals surface area contributed by atoms with E-state index in [0.717, 1.165) is 6.20 Å². The maximum Gasteiger partial charge on any atom is 0.235 e. The van der Waals surface area contributed by atoms with E-state index in [1.165, 1.54) is 20.3 Å². The second-order valence-corrected chi connectivity index (χ2v) is 3.91. The maximum atomic E-state index is 10.4. The third-order valence-electron chi connectivity index (χ3n) is 2.51. The maximum absolute atomic E-state index is 10.4. The first-order chi connectivity index (χ1) is 9.51. The Kier molecular flexibility index (Phi) is 5.58. The molecule has 108 valence electrons. The van der Waals surface area contributed by atoms with E-state index in [1.54, 1.807) is 18.2 Å². The van der Waals surface area contributed by atoms with E-state index in [2.05, 4.69) is 6.58 Å². The van der Waals surface area contributed by atoms with Crippen LogP contribution in [0.15, 0.2) is 31.0 Å². The number of rotatable bonds is 7. The van der Waals surface area contributed by atoms with Gasteiger partial charge in [0.2, 0.25) is 11.9 Å². The summed E-state index contributed by atoms with van der Waals surface area (Å²) in [5.74, 6) is 1.29. The molecule has 0 N–H and O–H groups in total. The Bertz CT molecular complexity index is 499. The molecule has 0 fully saturated rings. The first-order valence-electron chi connectivity index (χ1n) is 5.88. The molecule has 1 atom stereocenters. The minimum absolute atomic E-state index is 0.224. The van der Waals surface area contributed by atoms with Crippen molar-refractivity contribution in [3.8, 4) is 17.2 Å². The zero-order valence-electron chi connectivity index (χ0n) is 11.7. The Morgan fingerprint density at radius 2 is 1.85 bits per heavy atom. The fraction of sp³-hybridized carbons (Fsp3) is 0.286. The van der Waals surface area contributed by atoms with Gasteiger partial charge in [-0.3, -0.25) is 10.1 Å². The molecular formula is C14H17NO5. The molecule has 1 rings (SSSR count). The lowest BCUT2D eigenvalue weighted by molar-refractivity contribution is -0.400. The van der Waals surface area contributed by atoms with E-state index in [1.807, 2.05) is 6.92 Å². The molecule has 0 bridgehead atoms. The number of nitro groups is 1. The van der Waals surface area contributed by atoms with Crippen LogP contribution in [0.4, 0.5) is 0 Å². The monoisotopic (exact) mass is 279 g/mol. The van der Waals surface area contributed by atoms with Gasteiger partial charge in [-0.15, -0.1) is 0 Å². The SMILES string of the molecule is C=CC(C)Oc1c(OC)cc(C=C[N+](=O)[O-])cc1OC. The summed E-state index contributed by atoms with van der Waals surface area (Å²) in [7, 11) is 2.97. The minimum atomic E-state index is -0.539. The van der Waals surface area contributed by atoms with Crippen molar-refractivity contribution in [2.24, 2.45) is 0 Å². The van der Waals surface area contributed by atoms with Gasteiger partial charge < -0.3 is 14.2 Å². The van der Waals surface area contributed by atoms with E-state index < -0.39 is 4.92 Å². The van der Waals surface area contributed by atoms with Crippen LogP contribution in [0, 0.1) is 10.1 Å². The summed E-state index contributed by atoms with van der Waals surface area (Å²) in [5.41, 5.74) is 0.578. The van der Waals surface area contributed by atoms with Crippen LogP contribution in [-0.4, -0.2) is 25.2 Å². The number of hydrogen-bond acceptors (Lipinski definition) is 5. The van der Waals surface area contributed by atoms with Crippen molar-refractivity contribution >= 4 is 6.08 Å². The van der Waals surface area contributed by atoms with Crippen LogP contribution in [0.3, 0.4) is 0 Å². The van der Waals surface area contributed by atoms with Crippen molar-refractivity contribution < 1.29 is 19.1 Å². The van der Waals surface area contributed by atoms with Gasteiger partial charge in [0.15, 0.2) is 11.5 Å². The van der Waals surface area contributed by atoms with Crippen molar-refractivity contribution in [1.29, 1.82) is 0 Å². The molecule has 0 saturated heterocycles. The third-order valence-corrected chi connectivity index (χ3v) is 2.51. The summed E-state index contributed by atoms with van der Waals surface area (Å²) in [5, 5.41) is 10.4. The Morgan fingerprint density at radius 3 is 2.25 bits per heavy atom. The van der Waals surface area contributed by atoms with E-state index in [0.29, 0.717) is 22.8 Å². The molecule has 1 aromatic rings. The number of ether oxygens (including phenoxy) is 3. The molecule has 0 aromatic heterocycles. The number of methoxy groups -OCH3 is 2. The molecule has 0 aliphatic rings. The summed E-state index contributed by atoms with van der Waals surface area (Å²) in [4.78, 5) is 9.81. The van der Waals surface area contributed by atoms with Crippen molar-refractivity contribution in [1.82, 2.24) is 0 Å². The van der Waals surface area contributed by atoms with Gasteiger partial charge in [-0.05, 0) is 24.6 Å². The number of benzene rings is 1. The van der Waals surface area contributed by atoms with Crippen LogP contribution in [0.25, 0.3) is 6.08 Å². The Morgan fingerprint density at radius 1 is 1.30 bits per heavy atom. The smallest absolute Gasteiger partial charge is 0.235 e. The molecule has 20 heavy (non-hydrogen) atoms. The topological polar surface area (TPSA) is 70.8 Å². The van der Waals surface area contributed by atoms with Gasteiger partial charge in [-0.1, -0.05) is 12.7 Å². The third kappa shape index (κ3) is 4.01. The van der Waals surface area contributed by atoms with Gasteiger partial charge in [0.25, 0.3) is 0 Å². The van der Waals surface area contributed by atoms with E-state index in [4.69, 9.17) is 14.2 Å². The summed E-state index contributed by atoms with van der Waals surface area (Å²) in [6.45, 7) is 5.47. The van der Waals surface area contributed by atoms with Crippen LogP contribution >= 0.6 is 0 Å². The standard InChI is InChI=1S/C14H17NO5/c1-5-10(2)20-14-12(18-3)8-11(6-7-15(16)17)9-13(14)19-4/h5-10H,1H2,2-4H3. The minimum Gasteiger partial charge on any atom is -0.493 e. The van der Waals surface area contributed by atoms with Crippen LogP contribution in [0.5, 0.6) is 17.2 Å². The molecule has 0 heterocycles. The highest BCUT2D eigenvalue weighted by molar-refractivity contribution is 5.61.